The number of nitrogens with two attached hydrogens (primary N) is 1. The Morgan fingerprint density at radius 1 is 1.35 bits per heavy atom. The molecule has 8 heteroatoms. The van der Waals surface area contributed by atoms with Crippen molar-refractivity contribution >= 4 is 17.0 Å². The second-order valence-electron chi connectivity index (χ2n) is 4.71. The molecule has 0 saturated carbocycles. The molecular formula is C15H11F3N4O. The van der Waals surface area contributed by atoms with Crippen LogP contribution >= 0.6 is 0 Å². The number of nitrogens with zero attached hydrogens (tertiary/aromatic N) is 3. The Kier molecular flexibility index (Phi) is 3.97. The van der Waals surface area contributed by atoms with Crippen molar-refractivity contribution in [2.24, 2.45) is 0 Å². The molecular weight excluding hydrogens is 309 g/mol. The normalized spacial score (nSPS) is 11.1. The molecule has 0 saturated heterocycles. The van der Waals surface area contributed by atoms with Crippen molar-refractivity contribution in [1.29, 1.82) is 5.26 Å². The minimum Gasteiger partial charge on any atom is -0.395 e. The van der Waals surface area contributed by atoms with Crippen molar-refractivity contribution in [2.45, 2.75) is 13.1 Å². The first-order valence-corrected chi connectivity index (χ1v) is 6.33. The third-order valence-corrected chi connectivity index (χ3v) is 3.12. The Hall–Kier alpha value is -3.08. The maximum absolute atomic E-state index is 13.0. The fourth-order valence-corrected chi connectivity index (χ4v) is 1.98. The van der Waals surface area contributed by atoms with Crippen LogP contribution in [0.2, 0.25) is 0 Å². The van der Waals surface area contributed by atoms with Crippen LogP contribution in [-0.4, -0.2) is 21.7 Å². The Labute approximate surface area is 129 Å². The number of halogens is 3. The predicted molar refractivity (Wildman–Crippen MR) is 77.8 cm³/mol. The van der Waals surface area contributed by atoms with Crippen molar-refractivity contribution in [1.82, 2.24) is 9.78 Å². The highest BCUT2D eigenvalue weighted by atomic mass is 19.4. The first-order chi connectivity index (χ1) is 10.7. The summed E-state index contributed by atoms with van der Waals surface area (Å²) in [4.78, 5) is 11.5. The summed E-state index contributed by atoms with van der Waals surface area (Å²) in [5, 5.41) is 12.6. The summed E-state index contributed by atoms with van der Waals surface area (Å²) in [6.07, 6.45) is -4.73. The lowest BCUT2D eigenvalue weighted by Crippen LogP contribution is -2.14. The highest BCUT2D eigenvalue weighted by Crippen LogP contribution is 2.37. The van der Waals surface area contributed by atoms with Crippen molar-refractivity contribution in [3.63, 3.8) is 0 Å². The predicted octanol–water partition coefficient (Wildman–Crippen LogP) is 3.10. The quantitative estimate of drug-likeness (QED) is 0.881. The van der Waals surface area contributed by atoms with Crippen molar-refractivity contribution < 1.29 is 18.0 Å². The van der Waals surface area contributed by atoms with Gasteiger partial charge in [-0.3, -0.25) is 4.79 Å². The number of hydrogen-bond acceptors (Lipinski definition) is 4. The number of nitrogen functional groups attached to an aromatic ring is 1. The van der Waals surface area contributed by atoms with Crippen LogP contribution in [0.1, 0.15) is 28.7 Å². The number of carbonyl (C=O) groups excluding carboxylic acids is 1. The van der Waals surface area contributed by atoms with Crippen LogP contribution in [0.3, 0.4) is 0 Å². The van der Waals surface area contributed by atoms with Crippen LogP contribution in [0.4, 0.5) is 18.9 Å². The van der Waals surface area contributed by atoms with Gasteiger partial charge < -0.3 is 5.73 Å². The zero-order valence-corrected chi connectivity index (χ0v) is 12.0. The number of hydrogen-bond donors (Lipinski definition) is 1. The van der Waals surface area contributed by atoms with Gasteiger partial charge in [0.05, 0.1) is 28.6 Å². The average molecular weight is 320 g/mol. The summed E-state index contributed by atoms with van der Waals surface area (Å²) < 4.78 is 40.0. The molecule has 2 rings (SSSR count). The second kappa shape index (κ2) is 5.61. The van der Waals surface area contributed by atoms with Gasteiger partial charge in [0.15, 0.2) is 11.5 Å². The minimum atomic E-state index is -4.73. The van der Waals surface area contributed by atoms with E-state index in [1.165, 1.54) is 24.3 Å². The van der Waals surface area contributed by atoms with Gasteiger partial charge in [0, 0.05) is 6.92 Å². The average Bonchev–Trinajstić information content (AvgIpc) is 2.83. The third-order valence-electron chi connectivity index (χ3n) is 3.12. The molecule has 0 radical (unpaired) electrons. The van der Waals surface area contributed by atoms with Crippen LogP contribution in [-0.2, 0) is 0 Å². The SMILES string of the molecule is C=C(c1c(N)c(C(C)=O)nn1-c1ccc(C#N)cc1)C(F)(F)F. The minimum absolute atomic E-state index is 0.226. The van der Waals surface area contributed by atoms with Gasteiger partial charge in [-0.15, -0.1) is 0 Å². The molecule has 1 aromatic heterocycles. The first kappa shape index (κ1) is 16.3. The monoisotopic (exact) mass is 320 g/mol. The Bertz CT molecular complexity index is 826. The number of Topliss-reactive ketones (excluding diaryl/α,β-unsaturated/α-hetero) is 1. The zero-order valence-electron chi connectivity index (χ0n) is 12.0. The van der Waals surface area contributed by atoms with Crippen LogP contribution in [0.5, 0.6) is 0 Å². The Balaban J connectivity index is 2.71. The number of allylic oxidation sites excluding steroid dienone is 1. The number of carbonyl (C=O) groups is 1. The highest BCUT2D eigenvalue weighted by Gasteiger charge is 2.38. The van der Waals surface area contributed by atoms with Gasteiger partial charge in [-0.2, -0.15) is 23.5 Å². The lowest BCUT2D eigenvalue weighted by Gasteiger charge is -2.13. The van der Waals surface area contributed by atoms with E-state index >= 15 is 0 Å². The maximum Gasteiger partial charge on any atom is 0.417 e. The molecule has 2 aromatic rings. The molecule has 0 bridgehead atoms. The Morgan fingerprint density at radius 3 is 2.35 bits per heavy atom. The number of anilines is 1. The molecule has 0 spiro atoms. The van der Waals surface area contributed by atoms with Gasteiger partial charge >= 0.3 is 6.18 Å². The van der Waals surface area contributed by atoms with Gasteiger partial charge in [-0.05, 0) is 24.3 Å². The number of alkyl halides is 3. The molecule has 2 N–H and O–H groups in total. The standard InChI is InChI=1S/C15H11F3N4O/c1-8(15(16,17)18)14-12(20)13(9(2)23)21-22(14)11-5-3-10(7-19)4-6-11/h3-6H,1,20H2,2H3. The summed E-state index contributed by atoms with van der Waals surface area (Å²) >= 11 is 0. The first-order valence-electron chi connectivity index (χ1n) is 6.33. The van der Waals surface area contributed by atoms with Crippen molar-refractivity contribution in [3.05, 3.63) is 47.8 Å². The summed E-state index contributed by atoms with van der Waals surface area (Å²) in [6.45, 7) is 4.17. The second-order valence-corrected chi connectivity index (χ2v) is 4.71. The van der Waals surface area contributed by atoms with E-state index in [9.17, 15) is 18.0 Å². The van der Waals surface area contributed by atoms with E-state index in [1.54, 1.807) is 0 Å². The van der Waals surface area contributed by atoms with Crippen LogP contribution in [0.15, 0.2) is 30.8 Å². The molecule has 0 unspecified atom stereocenters. The smallest absolute Gasteiger partial charge is 0.395 e. The topological polar surface area (TPSA) is 84.7 Å². The summed E-state index contributed by atoms with van der Waals surface area (Å²) in [7, 11) is 0. The van der Waals surface area contributed by atoms with Gasteiger partial charge in [0.1, 0.15) is 5.69 Å². The van der Waals surface area contributed by atoms with Crippen molar-refractivity contribution in [3.8, 4) is 11.8 Å². The molecule has 0 aliphatic rings. The number of nitriles is 1. The molecule has 0 fully saturated rings. The van der Waals surface area contributed by atoms with E-state index in [4.69, 9.17) is 11.0 Å². The molecule has 118 valence electrons. The summed E-state index contributed by atoms with van der Waals surface area (Å²) in [6, 6.07) is 7.54. The number of benzene rings is 1. The fourth-order valence-electron chi connectivity index (χ4n) is 1.98. The van der Waals surface area contributed by atoms with E-state index in [2.05, 4.69) is 11.7 Å². The summed E-state index contributed by atoms with van der Waals surface area (Å²) in [5.74, 6) is -0.564. The molecule has 1 heterocycles. The van der Waals surface area contributed by atoms with E-state index in [0.717, 1.165) is 11.6 Å². The third kappa shape index (κ3) is 2.94. The number of aromatic nitrogens is 2. The van der Waals surface area contributed by atoms with Crippen LogP contribution < -0.4 is 5.73 Å². The lowest BCUT2D eigenvalue weighted by molar-refractivity contribution is -0.0689. The maximum atomic E-state index is 13.0. The summed E-state index contributed by atoms with van der Waals surface area (Å²) in [5.41, 5.74) is 3.88. The van der Waals surface area contributed by atoms with E-state index in [1.807, 2.05) is 6.07 Å². The largest absolute Gasteiger partial charge is 0.417 e. The molecule has 0 amide bonds. The van der Waals surface area contributed by atoms with Crippen LogP contribution in [0.25, 0.3) is 11.3 Å². The molecule has 5 nitrogen and oxygen atoms in total. The van der Waals surface area contributed by atoms with E-state index in [-0.39, 0.29) is 17.1 Å². The zero-order chi connectivity index (χ0) is 17.4. The van der Waals surface area contributed by atoms with Crippen molar-refractivity contribution in [2.75, 3.05) is 5.73 Å². The molecule has 0 aliphatic carbocycles. The number of ketones is 1. The fraction of sp³-hybridized carbons (Fsp3) is 0.133. The van der Waals surface area contributed by atoms with E-state index in [0.29, 0.717) is 5.56 Å². The molecule has 0 aliphatic heterocycles. The van der Waals surface area contributed by atoms with Gasteiger partial charge in [0.2, 0.25) is 0 Å². The molecule has 0 atom stereocenters. The molecule has 1 aromatic carbocycles. The van der Waals surface area contributed by atoms with Gasteiger partial charge in [-0.1, -0.05) is 6.58 Å². The molecule has 23 heavy (non-hydrogen) atoms. The number of rotatable bonds is 3. The van der Waals surface area contributed by atoms with Gasteiger partial charge in [-0.25, -0.2) is 4.68 Å². The highest BCUT2D eigenvalue weighted by molar-refractivity contribution is 5.99. The lowest BCUT2D eigenvalue weighted by atomic mass is 10.1. The Morgan fingerprint density at radius 2 is 1.91 bits per heavy atom. The van der Waals surface area contributed by atoms with Crippen LogP contribution in [0, 0.1) is 11.3 Å². The van der Waals surface area contributed by atoms with E-state index < -0.39 is 23.2 Å². The van der Waals surface area contributed by atoms with Gasteiger partial charge in [0.25, 0.3) is 0 Å².